The first-order chi connectivity index (χ1) is 12.6. The molecule has 1 aliphatic carbocycles. The summed E-state index contributed by atoms with van der Waals surface area (Å²) in [6, 6.07) is 14.0. The van der Waals surface area contributed by atoms with Crippen LogP contribution in [0, 0.1) is 11.7 Å². The van der Waals surface area contributed by atoms with Crippen LogP contribution in [0.2, 0.25) is 0 Å². The smallest absolute Gasteiger partial charge is 0.227 e. The molecule has 1 aliphatic heterocycles. The van der Waals surface area contributed by atoms with E-state index in [1.54, 1.807) is 17.0 Å². The molecule has 0 bridgehead atoms. The van der Waals surface area contributed by atoms with Crippen molar-refractivity contribution < 1.29 is 14.0 Å². The number of benzene rings is 2. The van der Waals surface area contributed by atoms with Gasteiger partial charge in [0.05, 0.1) is 12.0 Å². The van der Waals surface area contributed by atoms with Gasteiger partial charge in [0.15, 0.2) is 0 Å². The number of aryl methyl sites for hydroxylation is 1. The zero-order chi connectivity index (χ0) is 18.1. The average Bonchev–Trinajstić information content (AvgIpc) is 3.05. The molecule has 1 fully saturated rings. The molecule has 134 valence electrons. The van der Waals surface area contributed by atoms with Gasteiger partial charge < -0.3 is 10.2 Å². The van der Waals surface area contributed by atoms with E-state index in [9.17, 15) is 14.0 Å². The highest BCUT2D eigenvalue weighted by Crippen LogP contribution is 2.31. The van der Waals surface area contributed by atoms with E-state index in [2.05, 4.69) is 17.4 Å². The number of rotatable bonds is 3. The van der Waals surface area contributed by atoms with Crippen molar-refractivity contribution in [1.29, 1.82) is 0 Å². The number of hydrogen-bond donors (Lipinski definition) is 1. The molecule has 1 saturated heterocycles. The van der Waals surface area contributed by atoms with Crippen LogP contribution in [0.3, 0.4) is 0 Å². The fraction of sp³-hybridized carbons (Fsp3) is 0.333. The zero-order valence-corrected chi connectivity index (χ0v) is 14.5. The number of nitrogens with one attached hydrogen (secondary N) is 1. The maximum atomic E-state index is 13.1. The van der Waals surface area contributed by atoms with Crippen molar-refractivity contribution in [2.45, 2.75) is 31.7 Å². The Labute approximate surface area is 152 Å². The van der Waals surface area contributed by atoms with Crippen LogP contribution in [0.4, 0.5) is 10.1 Å². The van der Waals surface area contributed by atoms with Gasteiger partial charge in [-0.1, -0.05) is 24.3 Å². The van der Waals surface area contributed by atoms with E-state index in [0.29, 0.717) is 12.2 Å². The molecule has 1 heterocycles. The SMILES string of the molecule is O=C(NC1CCCc2ccccc21)C1CC(=O)N(c2ccc(F)cc2)C1. The summed E-state index contributed by atoms with van der Waals surface area (Å²) in [5.74, 6) is -0.891. The lowest BCUT2D eigenvalue weighted by atomic mass is 9.87. The van der Waals surface area contributed by atoms with E-state index in [4.69, 9.17) is 0 Å². The molecule has 0 radical (unpaired) electrons. The molecule has 2 amide bonds. The van der Waals surface area contributed by atoms with Crippen LogP contribution < -0.4 is 10.2 Å². The van der Waals surface area contributed by atoms with Crippen LogP contribution in [0.1, 0.15) is 36.4 Å². The molecule has 2 aliphatic rings. The summed E-state index contributed by atoms with van der Waals surface area (Å²) in [6.45, 7) is 0.338. The summed E-state index contributed by atoms with van der Waals surface area (Å²) in [7, 11) is 0. The third-order valence-corrected chi connectivity index (χ3v) is 5.32. The first-order valence-electron chi connectivity index (χ1n) is 9.06. The minimum Gasteiger partial charge on any atom is -0.349 e. The van der Waals surface area contributed by atoms with Crippen molar-refractivity contribution in [2.75, 3.05) is 11.4 Å². The second kappa shape index (κ2) is 6.90. The lowest BCUT2D eigenvalue weighted by Gasteiger charge is -2.27. The molecule has 4 rings (SSSR count). The first kappa shape index (κ1) is 16.8. The average molecular weight is 352 g/mol. The Balaban J connectivity index is 1.45. The van der Waals surface area contributed by atoms with Crippen LogP contribution in [0.15, 0.2) is 48.5 Å². The molecule has 2 aromatic rings. The van der Waals surface area contributed by atoms with Crippen molar-refractivity contribution in [2.24, 2.45) is 5.92 Å². The number of amides is 2. The Morgan fingerprint density at radius 1 is 1.12 bits per heavy atom. The minimum atomic E-state index is -0.373. The number of carbonyl (C=O) groups excluding carboxylic acids is 2. The molecule has 0 saturated carbocycles. The summed E-state index contributed by atoms with van der Waals surface area (Å²) in [5, 5.41) is 3.14. The Kier molecular flexibility index (Phi) is 4.45. The topological polar surface area (TPSA) is 49.4 Å². The second-order valence-corrected chi connectivity index (χ2v) is 7.03. The molecular weight excluding hydrogens is 331 g/mol. The Morgan fingerprint density at radius 2 is 1.88 bits per heavy atom. The second-order valence-electron chi connectivity index (χ2n) is 7.03. The molecule has 26 heavy (non-hydrogen) atoms. The quantitative estimate of drug-likeness (QED) is 0.921. The molecule has 0 spiro atoms. The standard InChI is InChI=1S/C21H21FN2O2/c22-16-8-10-17(11-9-16)24-13-15(12-20(24)25)21(26)23-19-7-3-5-14-4-1-2-6-18(14)19/h1-2,4,6,8-11,15,19H,3,5,7,12-13H2,(H,23,26). The van der Waals surface area contributed by atoms with Gasteiger partial charge in [0.25, 0.3) is 0 Å². The largest absolute Gasteiger partial charge is 0.349 e. The third kappa shape index (κ3) is 3.21. The van der Waals surface area contributed by atoms with Gasteiger partial charge in [0.1, 0.15) is 5.82 Å². The number of nitrogens with zero attached hydrogens (tertiary/aromatic N) is 1. The van der Waals surface area contributed by atoms with Crippen molar-refractivity contribution in [3.63, 3.8) is 0 Å². The van der Waals surface area contributed by atoms with Gasteiger partial charge in [-0.2, -0.15) is 0 Å². The predicted octanol–water partition coefficient (Wildman–Crippen LogP) is 3.37. The summed E-state index contributed by atoms with van der Waals surface area (Å²) in [5.41, 5.74) is 3.11. The van der Waals surface area contributed by atoms with Gasteiger partial charge in [0.2, 0.25) is 11.8 Å². The van der Waals surface area contributed by atoms with E-state index in [0.717, 1.165) is 19.3 Å². The van der Waals surface area contributed by atoms with E-state index >= 15 is 0 Å². The third-order valence-electron chi connectivity index (χ3n) is 5.32. The van der Waals surface area contributed by atoms with E-state index in [1.807, 2.05) is 12.1 Å². The minimum absolute atomic E-state index is 0.0161. The van der Waals surface area contributed by atoms with Crippen molar-refractivity contribution in [3.05, 3.63) is 65.5 Å². The predicted molar refractivity (Wildman–Crippen MR) is 97.1 cm³/mol. The number of hydrogen-bond acceptors (Lipinski definition) is 2. The highest BCUT2D eigenvalue weighted by atomic mass is 19.1. The Hall–Kier alpha value is -2.69. The Morgan fingerprint density at radius 3 is 2.69 bits per heavy atom. The fourth-order valence-electron chi connectivity index (χ4n) is 3.95. The monoisotopic (exact) mass is 352 g/mol. The van der Waals surface area contributed by atoms with Crippen LogP contribution in [-0.4, -0.2) is 18.4 Å². The fourth-order valence-corrected chi connectivity index (χ4v) is 3.95. The van der Waals surface area contributed by atoms with Crippen molar-refractivity contribution >= 4 is 17.5 Å². The van der Waals surface area contributed by atoms with Crippen LogP contribution in [0.25, 0.3) is 0 Å². The highest BCUT2D eigenvalue weighted by molar-refractivity contribution is 6.00. The molecule has 5 heteroatoms. The van der Waals surface area contributed by atoms with Gasteiger partial charge in [-0.15, -0.1) is 0 Å². The van der Waals surface area contributed by atoms with Crippen LogP contribution in [0.5, 0.6) is 0 Å². The maximum absolute atomic E-state index is 13.1. The Bertz CT molecular complexity index is 834. The van der Waals surface area contributed by atoms with Gasteiger partial charge >= 0.3 is 0 Å². The zero-order valence-electron chi connectivity index (χ0n) is 14.5. The molecule has 2 aromatic carbocycles. The van der Waals surface area contributed by atoms with Gasteiger partial charge in [-0.25, -0.2) is 4.39 Å². The number of fused-ring (bicyclic) bond motifs is 1. The summed E-state index contributed by atoms with van der Waals surface area (Å²) < 4.78 is 13.1. The maximum Gasteiger partial charge on any atom is 0.227 e. The normalized spacial score (nSPS) is 22.2. The molecule has 0 aromatic heterocycles. The molecule has 1 N–H and O–H groups in total. The number of halogens is 1. The highest BCUT2D eigenvalue weighted by Gasteiger charge is 2.36. The summed E-state index contributed by atoms with van der Waals surface area (Å²) in [4.78, 5) is 26.6. The van der Waals surface area contributed by atoms with E-state index < -0.39 is 0 Å². The number of anilines is 1. The molecular formula is C21H21FN2O2. The van der Waals surface area contributed by atoms with Crippen LogP contribution in [-0.2, 0) is 16.0 Å². The van der Waals surface area contributed by atoms with Crippen LogP contribution >= 0.6 is 0 Å². The van der Waals surface area contributed by atoms with E-state index in [1.165, 1.54) is 23.3 Å². The lowest BCUT2D eigenvalue weighted by Crippen LogP contribution is -2.36. The molecule has 2 atom stereocenters. The van der Waals surface area contributed by atoms with Gasteiger partial charge in [0, 0.05) is 18.7 Å². The van der Waals surface area contributed by atoms with Gasteiger partial charge in [-0.05, 0) is 54.7 Å². The van der Waals surface area contributed by atoms with Gasteiger partial charge in [-0.3, -0.25) is 9.59 Å². The summed E-state index contributed by atoms with van der Waals surface area (Å²) in [6.07, 6.45) is 3.21. The molecule has 2 unspecified atom stereocenters. The summed E-state index contributed by atoms with van der Waals surface area (Å²) >= 11 is 0. The van der Waals surface area contributed by atoms with Crippen molar-refractivity contribution in [3.8, 4) is 0 Å². The number of carbonyl (C=O) groups is 2. The van der Waals surface area contributed by atoms with E-state index in [-0.39, 0.29) is 36.0 Å². The first-order valence-corrected chi connectivity index (χ1v) is 9.06. The van der Waals surface area contributed by atoms with Crippen molar-refractivity contribution in [1.82, 2.24) is 5.32 Å². The molecule has 4 nitrogen and oxygen atoms in total. The lowest BCUT2D eigenvalue weighted by molar-refractivity contribution is -0.127.